The van der Waals surface area contributed by atoms with Gasteiger partial charge in [-0.1, -0.05) is 17.7 Å². The second kappa shape index (κ2) is 4.68. The van der Waals surface area contributed by atoms with Crippen LogP contribution in [0.1, 0.15) is 6.92 Å². The van der Waals surface area contributed by atoms with E-state index >= 15 is 0 Å². The van der Waals surface area contributed by atoms with Crippen molar-refractivity contribution in [3.05, 3.63) is 40.4 Å². The van der Waals surface area contributed by atoms with Crippen LogP contribution in [0.15, 0.2) is 35.4 Å². The van der Waals surface area contributed by atoms with Crippen LogP contribution < -0.4 is 10.6 Å². The standard InChI is InChI=1S/C12H13ClN2O/c1-8(9-6-14-7-9)12(16)15-11-4-2-3-10(13)5-11/h2-5,14H,6-7H2,1H3,(H,15,16). The van der Waals surface area contributed by atoms with Gasteiger partial charge in [0.25, 0.3) is 5.91 Å². The maximum Gasteiger partial charge on any atom is 0.251 e. The van der Waals surface area contributed by atoms with Gasteiger partial charge in [0, 0.05) is 29.4 Å². The van der Waals surface area contributed by atoms with Gasteiger partial charge in [0.2, 0.25) is 0 Å². The first-order chi connectivity index (χ1) is 7.66. The molecule has 1 aromatic carbocycles. The van der Waals surface area contributed by atoms with Crippen molar-refractivity contribution < 1.29 is 4.79 Å². The lowest BCUT2D eigenvalue weighted by Crippen LogP contribution is -2.36. The average Bonchev–Trinajstić information content (AvgIpc) is 2.14. The van der Waals surface area contributed by atoms with Crippen molar-refractivity contribution >= 4 is 23.2 Å². The molecule has 1 amide bonds. The highest BCUT2D eigenvalue weighted by molar-refractivity contribution is 6.30. The lowest BCUT2D eigenvalue weighted by molar-refractivity contribution is -0.112. The number of hydrogen-bond donors (Lipinski definition) is 2. The molecule has 1 aromatic rings. The summed E-state index contributed by atoms with van der Waals surface area (Å²) >= 11 is 5.84. The van der Waals surface area contributed by atoms with Crippen LogP contribution in [0, 0.1) is 0 Å². The van der Waals surface area contributed by atoms with E-state index in [1.807, 2.05) is 19.1 Å². The Morgan fingerprint density at radius 3 is 2.75 bits per heavy atom. The zero-order chi connectivity index (χ0) is 11.5. The molecule has 0 aliphatic carbocycles. The van der Waals surface area contributed by atoms with Crippen LogP contribution in [0.25, 0.3) is 0 Å². The molecule has 2 rings (SSSR count). The minimum Gasteiger partial charge on any atom is -0.322 e. The van der Waals surface area contributed by atoms with Crippen LogP contribution in [0.4, 0.5) is 5.69 Å². The second-order valence-electron chi connectivity index (χ2n) is 3.80. The minimum atomic E-state index is -0.0567. The van der Waals surface area contributed by atoms with E-state index in [0.29, 0.717) is 5.02 Å². The summed E-state index contributed by atoms with van der Waals surface area (Å²) in [6, 6.07) is 7.14. The number of carbonyl (C=O) groups is 1. The second-order valence-corrected chi connectivity index (χ2v) is 4.23. The van der Waals surface area contributed by atoms with E-state index in [0.717, 1.165) is 24.4 Å². The Morgan fingerprint density at radius 1 is 1.44 bits per heavy atom. The van der Waals surface area contributed by atoms with Crippen LogP contribution in [-0.2, 0) is 4.79 Å². The fourth-order valence-electron chi connectivity index (χ4n) is 1.47. The van der Waals surface area contributed by atoms with Crippen molar-refractivity contribution in [1.82, 2.24) is 5.32 Å². The van der Waals surface area contributed by atoms with E-state index in [-0.39, 0.29) is 5.91 Å². The highest BCUT2D eigenvalue weighted by Crippen LogP contribution is 2.17. The minimum absolute atomic E-state index is 0.0567. The summed E-state index contributed by atoms with van der Waals surface area (Å²) in [6.07, 6.45) is 0. The number of nitrogens with one attached hydrogen (secondary N) is 2. The summed E-state index contributed by atoms with van der Waals surface area (Å²) in [5.41, 5.74) is 2.68. The largest absolute Gasteiger partial charge is 0.322 e. The Hall–Kier alpha value is -1.32. The molecule has 0 atom stereocenters. The molecule has 0 radical (unpaired) electrons. The third-order valence-electron chi connectivity index (χ3n) is 2.63. The summed E-state index contributed by atoms with van der Waals surface area (Å²) in [6.45, 7) is 3.47. The van der Waals surface area contributed by atoms with E-state index < -0.39 is 0 Å². The molecule has 4 heteroatoms. The van der Waals surface area contributed by atoms with E-state index in [9.17, 15) is 4.79 Å². The normalized spacial score (nSPS) is 14.2. The molecule has 0 spiro atoms. The number of carbonyl (C=O) groups excluding carboxylic acids is 1. The summed E-state index contributed by atoms with van der Waals surface area (Å²) in [5.74, 6) is -0.0567. The Morgan fingerprint density at radius 2 is 2.19 bits per heavy atom. The highest BCUT2D eigenvalue weighted by atomic mass is 35.5. The van der Waals surface area contributed by atoms with Gasteiger partial charge in [0.05, 0.1) is 0 Å². The Balaban J connectivity index is 2.07. The zero-order valence-corrected chi connectivity index (χ0v) is 9.77. The average molecular weight is 237 g/mol. The maximum absolute atomic E-state index is 11.8. The van der Waals surface area contributed by atoms with E-state index in [4.69, 9.17) is 11.6 Å². The highest BCUT2D eigenvalue weighted by Gasteiger charge is 2.15. The Kier molecular flexibility index (Phi) is 3.27. The molecule has 1 fully saturated rings. The first-order valence-corrected chi connectivity index (χ1v) is 5.51. The molecular formula is C12H13ClN2O. The monoisotopic (exact) mass is 236 g/mol. The first kappa shape index (κ1) is 11.2. The fraction of sp³-hybridized carbons (Fsp3) is 0.250. The van der Waals surface area contributed by atoms with E-state index in [1.54, 1.807) is 12.1 Å². The Labute approximate surface area is 99.5 Å². The topological polar surface area (TPSA) is 41.1 Å². The van der Waals surface area contributed by atoms with Crippen LogP contribution in [0.2, 0.25) is 5.02 Å². The summed E-state index contributed by atoms with van der Waals surface area (Å²) in [5, 5.41) is 6.55. The fourth-order valence-corrected chi connectivity index (χ4v) is 1.66. The number of anilines is 1. The molecular weight excluding hydrogens is 224 g/mol. The molecule has 16 heavy (non-hydrogen) atoms. The van der Waals surface area contributed by atoms with Crippen molar-refractivity contribution in [1.29, 1.82) is 0 Å². The van der Waals surface area contributed by atoms with Crippen molar-refractivity contribution in [3.8, 4) is 0 Å². The first-order valence-electron chi connectivity index (χ1n) is 5.13. The quantitative estimate of drug-likeness (QED) is 0.773. The lowest BCUT2D eigenvalue weighted by Gasteiger charge is -2.21. The SMILES string of the molecule is CC(C(=O)Nc1cccc(Cl)c1)=C1CNC1. The molecule has 0 bridgehead atoms. The van der Waals surface area contributed by atoms with Crippen LogP contribution in [-0.4, -0.2) is 19.0 Å². The summed E-state index contributed by atoms with van der Waals surface area (Å²) in [7, 11) is 0. The molecule has 0 aromatic heterocycles. The van der Waals surface area contributed by atoms with Crippen molar-refractivity contribution in [3.63, 3.8) is 0 Å². The zero-order valence-electron chi connectivity index (χ0n) is 9.01. The molecule has 1 aliphatic heterocycles. The van der Waals surface area contributed by atoms with Gasteiger partial charge in [0.15, 0.2) is 0 Å². The Bertz CT molecular complexity index is 448. The molecule has 1 saturated heterocycles. The number of benzene rings is 1. The van der Waals surface area contributed by atoms with Crippen molar-refractivity contribution in [2.45, 2.75) is 6.92 Å². The van der Waals surface area contributed by atoms with Gasteiger partial charge < -0.3 is 10.6 Å². The molecule has 3 nitrogen and oxygen atoms in total. The number of hydrogen-bond acceptors (Lipinski definition) is 2. The van der Waals surface area contributed by atoms with Gasteiger partial charge >= 0.3 is 0 Å². The van der Waals surface area contributed by atoms with Gasteiger partial charge in [-0.3, -0.25) is 4.79 Å². The van der Waals surface area contributed by atoms with Crippen LogP contribution in [0.5, 0.6) is 0 Å². The number of halogens is 1. The summed E-state index contributed by atoms with van der Waals surface area (Å²) < 4.78 is 0. The number of rotatable bonds is 2. The lowest BCUT2D eigenvalue weighted by atomic mass is 10.0. The van der Waals surface area contributed by atoms with Crippen molar-refractivity contribution in [2.75, 3.05) is 18.4 Å². The van der Waals surface area contributed by atoms with Crippen LogP contribution >= 0.6 is 11.6 Å². The smallest absolute Gasteiger partial charge is 0.251 e. The van der Waals surface area contributed by atoms with Crippen LogP contribution in [0.3, 0.4) is 0 Å². The van der Waals surface area contributed by atoms with Gasteiger partial charge in [-0.2, -0.15) is 0 Å². The molecule has 0 saturated carbocycles. The molecule has 0 unspecified atom stereocenters. The third kappa shape index (κ3) is 2.43. The third-order valence-corrected chi connectivity index (χ3v) is 2.87. The predicted molar refractivity (Wildman–Crippen MR) is 65.7 cm³/mol. The molecule has 1 aliphatic rings. The maximum atomic E-state index is 11.8. The molecule has 1 heterocycles. The van der Waals surface area contributed by atoms with E-state index in [1.165, 1.54) is 5.57 Å². The van der Waals surface area contributed by atoms with Gasteiger partial charge in [-0.15, -0.1) is 0 Å². The van der Waals surface area contributed by atoms with E-state index in [2.05, 4.69) is 10.6 Å². The molecule has 84 valence electrons. The number of amides is 1. The summed E-state index contributed by atoms with van der Waals surface area (Å²) in [4.78, 5) is 11.8. The predicted octanol–water partition coefficient (Wildman–Crippen LogP) is 2.20. The van der Waals surface area contributed by atoms with Gasteiger partial charge in [0.1, 0.15) is 0 Å². The van der Waals surface area contributed by atoms with Crippen molar-refractivity contribution in [2.24, 2.45) is 0 Å². The molecule has 2 N–H and O–H groups in total. The van der Waals surface area contributed by atoms with Gasteiger partial charge in [-0.25, -0.2) is 0 Å². The van der Waals surface area contributed by atoms with Gasteiger partial charge in [-0.05, 0) is 30.7 Å².